The second kappa shape index (κ2) is 5.64. The summed E-state index contributed by atoms with van der Waals surface area (Å²) in [6.07, 6.45) is 0. The van der Waals surface area contributed by atoms with Gasteiger partial charge in [0, 0.05) is 10.8 Å². The minimum Gasteiger partial charge on any atom is -0.456 e. The summed E-state index contributed by atoms with van der Waals surface area (Å²) >= 11 is 0. The molecule has 0 saturated carbocycles. The van der Waals surface area contributed by atoms with E-state index in [4.69, 9.17) is 4.42 Å². The van der Waals surface area contributed by atoms with Crippen molar-refractivity contribution in [2.45, 2.75) is 0 Å². The van der Waals surface area contributed by atoms with Gasteiger partial charge in [0.25, 0.3) is 0 Å². The van der Waals surface area contributed by atoms with Gasteiger partial charge < -0.3 is 4.42 Å². The topological polar surface area (TPSA) is 13.1 Å². The van der Waals surface area contributed by atoms with E-state index in [1.54, 1.807) is 0 Å². The molecule has 25 heavy (non-hydrogen) atoms. The Bertz CT molecular complexity index is 1180. The molecule has 0 aliphatic rings. The maximum absolute atomic E-state index is 6.06. The average Bonchev–Trinajstić information content (AvgIpc) is 3.06. The molecular formula is C24H16O. The zero-order valence-corrected chi connectivity index (χ0v) is 13.6. The van der Waals surface area contributed by atoms with E-state index in [0.717, 1.165) is 16.6 Å². The van der Waals surface area contributed by atoms with Gasteiger partial charge in [-0.3, -0.25) is 0 Å². The molecule has 0 radical (unpaired) electrons. The largest absolute Gasteiger partial charge is 0.456 e. The molecule has 0 amide bonds. The quantitative estimate of drug-likeness (QED) is 0.344. The van der Waals surface area contributed by atoms with Crippen molar-refractivity contribution in [3.05, 3.63) is 97.1 Å². The molecule has 1 nitrogen and oxygen atoms in total. The molecule has 0 spiro atoms. The molecule has 0 N–H and O–H groups in total. The van der Waals surface area contributed by atoms with Crippen LogP contribution in [0, 0.1) is 0 Å². The van der Waals surface area contributed by atoms with E-state index < -0.39 is 0 Å². The molecule has 0 saturated heterocycles. The van der Waals surface area contributed by atoms with Gasteiger partial charge in [0.2, 0.25) is 0 Å². The van der Waals surface area contributed by atoms with E-state index in [-0.39, 0.29) is 0 Å². The first-order valence-electron chi connectivity index (χ1n) is 8.46. The Labute approximate surface area is 146 Å². The van der Waals surface area contributed by atoms with Crippen molar-refractivity contribution >= 4 is 21.9 Å². The molecule has 0 fully saturated rings. The van der Waals surface area contributed by atoms with Crippen molar-refractivity contribution in [1.82, 2.24) is 0 Å². The SMILES string of the molecule is c1ccc(-c2ccccc2-c2ccc3c(c2)oc2ccccc23)cc1. The Morgan fingerprint density at radius 1 is 0.440 bits per heavy atom. The Balaban J connectivity index is 1.73. The van der Waals surface area contributed by atoms with Crippen molar-refractivity contribution in [2.24, 2.45) is 0 Å². The van der Waals surface area contributed by atoms with Crippen LogP contribution in [-0.4, -0.2) is 0 Å². The zero-order chi connectivity index (χ0) is 16.6. The third-order valence-corrected chi connectivity index (χ3v) is 4.70. The summed E-state index contributed by atoms with van der Waals surface area (Å²) in [5.74, 6) is 0. The van der Waals surface area contributed by atoms with E-state index in [2.05, 4.69) is 78.9 Å². The van der Waals surface area contributed by atoms with Crippen LogP contribution in [0.2, 0.25) is 0 Å². The van der Waals surface area contributed by atoms with Gasteiger partial charge in [0.05, 0.1) is 0 Å². The molecule has 5 aromatic rings. The third-order valence-electron chi connectivity index (χ3n) is 4.70. The molecular weight excluding hydrogens is 304 g/mol. The first-order chi connectivity index (χ1) is 12.4. The monoisotopic (exact) mass is 320 g/mol. The van der Waals surface area contributed by atoms with E-state index in [0.29, 0.717) is 0 Å². The van der Waals surface area contributed by atoms with Crippen LogP contribution < -0.4 is 0 Å². The molecule has 0 atom stereocenters. The lowest BCUT2D eigenvalue weighted by molar-refractivity contribution is 0.669. The van der Waals surface area contributed by atoms with Gasteiger partial charge >= 0.3 is 0 Å². The summed E-state index contributed by atoms with van der Waals surface area (Å²) in [6, 6.07) is 33.7. The minimum absolute atomic E-state index is 0.932. The lowest BCUT2D eigenvalue weighted by Gasteiger charge is -2.10. The normalized spacial score (nSPS) is 11.2. The summed E-state index contributed by atoms with van der Waals surface area (Å²) in [7, 11) is 0. The smallest absolute Gasteiger partial charge is 0.136 e. The highest BCUT2D eigenvalue weighted by atomic mass is 16.3. The summed E-state index contributed by atoms with van der Waals surface area (Å²) < 4.78 is 6.06. The highest BCUT2D eigenvalue weighted by molar-refractivity contribution is 6.06. The van der Waals surface area contributed by atoms with Crippen molar-refractivity contribution in [1.29, 1.82) is 0 Å². The van der Waals surface area contributed by atoms with Gasteiger partial charge in [-0.2, -0.15) is 0 Å². The van der Waals surface area contributed by atoms with Crippen LogP contribution in [0.4, 0.5) is 0 Å². The lowest BCUT2D eigenvalue weighted by Crippen LogP contribution is -1.84. The highest BCUT2D eigenvalue weighted by Crippen LogP contribution is 2.36. The van der Waals surface area contributed by atoms with E-state index >= 15 is 0 Å². The first kappa shape index (κ1) is 14.1. The van der Waals surface area contributed by atoms with Gasteiger partial charge in [0.15, 0.2) is 0 Å². The number of rotatable bonds is 2. The fourth-order valence-electron chi connectivity index (χ4n) is 3.50. The van der Waals surface area contributed by atoms with E-state index in [1.165, 1.54) is 27.6 Å². The second-order valence-corrected chi connectivity index (χ2v) is 6.22. The number of para-hydroxylation sites is 1. The van der Waals surface area contributed by atoms with Gasteiger partial charge in [-0.25, -0.2) is 0 Å². The van der Waals surface area contributed by atoms with Gasteiger partial charge in [0.1, 0.15) is 11.2 Å². The molecule has 5 rings (SSSR count). The van der Waals surface area contributed by atoms with Crippen LogP contribution in [-0.2, 0) is 0 Å². The number of hydrogen-bond donors (Lipinski definition) is 0. The highest BCUT2D eigenvalue weighted by Gasteiger charge is 2.10. The Morgan fingerprint density at radius 2 is 1.08 bits per heavy atom. The molecule has 0 bridgehead atoms. The fourth-order valence-corrected chi connectivity index (χ4v) is 3.50. The van der Waals surface area contributed by atoms with Crippen molar-refractivity contribution in [3.8, 4) is 22.3 Å². The lowest BCUT2D eigenvalue weighted by atomic mass is 9.94. The van der Waals surface area contributed by atoms with Crippen molar-refractivity contribution in [3.63, 3.8) is 0 Å². The molecule has 1 heterocycles. The number of fused-ring (bicyclic) bond motifs is 3. The Morgan fingerprint density at radius 3 is 1.92 bits per heavy atom. The zero-order valence-electron chi connectivity index (χ0n) is 13.6. The summed E-state index contributed by atoms with van der Waals surface area (Å²) in [5, 5.41) is 2.33. The van der Waals surface area contributed by atoms with Gasteiger partial charge in [-0.1, -0.05) is 78.9 Å². The van der Waals surface area contributed by atoms with Crippen LogP contribution in [0.1, 0.15) is 0 Å². The number of hydrogen-bond acceptors (Lipinski definition) is 1. The fraction of sp³-hybridized carbons (Fsp3) is 0. The van der Waals surface area contributed by atoms with Crippen LogP contribution >= 0.6 is 0 Å². The van der Waals surface area contributed by atoms with E-state index in [1.807, 2.05) is 18.2 Å². The number of benzene rings is 4. The van der Waals surface area contributed by atoms with E-state index in [9.17, 15) is 0 Å². The molecule has 0 unspecified atom stereocenters. The maximum atomic E-state index is 6.06. The molecule has 1 heteroatoms. The molecule has 118 valence electrons. The average molecular weight is 320 g/mol. The second-order valence-electron chi connectivity index (χ2n) is 6.22. The standard InChI is InChI=1S/C24H16O/c1-2-8-17(9-3-1)19-10-4-5-11-20(19)18-14-15-22-21-12-6-7-13-23(21)25-24(22)16-18/h1-16H. The minimum atomic E-state index is 0.932. The summed E-state index contributed by atoms with van der Waals surface area (Å²) in [5.41, 5.74) is 6.72. The maximum Gasteiger partial charge on any atom is 0.136 e. The molecule has 1 aromatic heterocycles. The molecule has 0 aliphatic heterocycles. The summed E-state index contributed by atoms with van der Waals surface area (Å²) in [6.45, 7) is 0. The predicted octanol–water partition coefficient (Wildman–Crippen LogP) is 6.92. The van der Waals surface area contributed by atoms with Crippen molar-refractivity contribution < 1.29 is 4.42 Å². The van der Waals surface area contributed by atoms with Crippen LogP contribution in [0.25, 0.3) is 44.2 Å². The first-order valence-corrected chi connectivity index (χ1v) is 8.46. The van der Waals surface area contributed by atoms with Gasteiger partial charge in [-0.15, -0.1) is 0 Å². The van der Waals surface area contributed by atoms with Crippen LogP contribution in [0.5, 0.6) is 0 Å². The molecule has 4 aromatic carbocycles. The number of furan rings is 1. The van der Waals surface area contributed by atoms with Crippen LogP contribution in [0.3, 0.4) is 0 Å². The van der Waals surface area contributed by atoms with Gasteiger partial charge in [-0.05, 0) is 40.5 Å². The third kappa shape index (κ3) is 2.33. The van der Waals surface area contributed by atoms with Crippen LogP contribution in [0.15, 0.2) is 101 Å². The predicted molar refractivity (Wildman–Crippen MR) is 105 cm³/mol. The Hall–Kier alpha value is -3.32. The van der Waals surface area contributed by atoms with Crippen molar-refractivity contribution in [2.75, 3.05) is 0 Å². The molecule has 0 aliphatic carbocycles. The summed E-state index contributed by atoms with van der Waals surface area (Å²) in [4.78, 5) is 0. The Kier molecular flexibility index (Phi) is 3.17.